The van der Waals surface area contributed by atoms with Gasteiger partial charge in [-0.2, -0.15) is 0 Å². The van der Waals surface area contributed by atoms with E-state index in [2.05, 4.69) is 0 Å². The molecule has 0 heterocycles. The fourth-order valence-corrected chi connectivity index (χ4v) is 1.92. The van der Waals surface area contributed by atoms with E-state index >= 15 is 0 Å². The minimum Gasteiger partial charge on any atom is -0.369 e. The van der Waals surface area contributed by atoms with E-state index in [9.17, 15) is 13.2 Å². The molecule has 0 rings (SSSR count). The Morgan fingerprint density at radius 1 is 1.50 bits per heavy atom. The molecule has 74 valence electrons. The van der Waals surface area contributed by atoms with E-state index in [-0.39, 0.29) is 12.4 Å². The molecule has 1 unspecified atom stereocenters. The van der Waals surface area contributed by atoms with Crippen LogP contribution in [0.15, 0.2) is 0 Å². The number of sulfone groups is 1. The summed E-state index contributed by atoms with van der Waals surface area (Å²) in [4.78, 5) is 10.6. The van der Waals surface area contributed by atoms with E-state index in [0.717, 1.165) is 6.26 Å². The summed E-state index contributed by atoms with van der Waals surface area (Å²) in [6, 6.07) is 0. The molecular formula is C6H14ClNO3S. The van der Waals surface area contributed by atoms with Gasteiger partial charge in [0.15, 0.2) is 9.84 Å². The van der Waals surface area contributed by atoms with Crippen LogP contribution in [0.5, 0.6) is 0 Å². The summed E-state index contributed by atoms with van der Waals surface area (Å²) in [7, 11) is -3.30. The first-order valence-electron chi connectivity index (χ1n) is 3.37. The largest absolute Gasteiger partial charge is 0.369 e. The van der Waals surface area contributed by atoms with Crippen molar-refractivity contribution in [3.63, 3.8) is 0 Å². The summed E-state index contributed by atoms with van der Waals surface area (Å²) in [5.74, 6) is -0.755. The standard InChI is InChI=1S/C6H13NO3S.ClH/c1-3-4-5(6(7)8)11(2,9)10;/h5H,3-4H2,1-2H3,(H2,7,8);1H. The lowest BCUT2D eigenvalue weighted by Crippen LogP contribution is -2.35. The number of hydrogen-bond donors (Lipinski definition) is 1. The first-order valence-corrected chi connectivity index (χ1v) is 5.33. The first-order chi connectivity index (χ1) is 4.89. The first kappa shape index (κ1) is 14.2. The molecule has 0 fully saturated rings. The number of carbonyl (C=O) groups excluding carboxylic acids is 1. The van der Waals surface area contributed by atoms with Crippen LogP contribution in [0.3, 0.4) is 0 Å². The molecule has 1 atom stereocenters. The molecule has 0 spiro atoms. The molecule has 0 aliphatic rings. The van der Waals surface area contributed by atoms with Crippen molar-refractivity contribution < 1.29 is 13.2 Å². The van der Waals surface area contributed by atoms with Crippen LogP contribution >= 0.6 is 12.4 Å². The van der Waals surface area contributed by atoms with E-state index in [1.54, 1.807) is 6.92 Å². The number of nitrogens with two attached hydrogens (primary N) is 1. The number of hydrogen-bond acceptors (Lipinski definition) is 3. The third kappa shape index (κ3) is 4.56. The number of amides is 1. The quantitative estimate of drug-likeness (QED) is 0.723. The number of rotatable bonds is 4. The van der Waals surface area contributed by atoms with Gasteiger partial charge in [-0.1, -0.05) is 13.3 Å². The van der Waals surface area contributed by atoms with Crippen LogP contribution in [0.1, 0.15) is 19.8 Å². The SMILES string of the molecule is CCCC(C(N)=O)S(C)(=O)=O.Cl. The van der Waals surface area contributed by atoms with Gasteiger partial charge in [0.25, 0.3) is 0 Å². The molecule has 2 N–H and O–H groups in total. The lowest BCUT2D eigenvalue weighted by atomic mass is 10.2. The highest BCUT2D eigenvalue weighted by atomic mass is 35.5. The maximum atomic E-state index is 10.9. The van der Waals surface area contributed by atoms with Gasteiger partial charge in [-0.3, -0.25) is 4.79 Å². The summed E-state index contributed by atoms with van der Waals surface area (Å²) in [6.45, 7) is 1.81. The van der Waals surface area contributed by atoms with Gasteiger partial charge in [0.1, 0.15) is 5.25 Å². The molecule has 4 nitrogen and oxygen atoms in total. The van der Waals surface area contributed by atoms with Gasteiger partial charge < -0.3 is 5.73 Å². The number of halogens is 1. The minimum absolute atomic E-state index is 0. The molecule has 0 bridgehead atoms. The molecule has 0 aliphatic heterocycles. The Hall–Kier alpha value is -0.290. The van der Waals surface area contributed by atoms with Gasteiger partial charge in [0.2, 0.25) is 5.91 Å². The van der Waals surface area contributed by atoms with Gasteiger partial charge in [-0.15, -0.1) is 12.4 Å². The molecule has 0 saturated heterocycles. The summed E-state index contributed by atoms with van der Waals surface area (Å²) >= 11 is 0. The van der Waals surface area contributed by atoms with Crippen LogP contribution < -0.4 is 5.73 Å². The maximum Gasteiger partial charge on any atom is 0.235 e. The van der Waals surface area contributed by atoms with Gasteiger partial charge in [-0.05, 0) is 6.42 Å². The second-order valence-electron chi connectivity index (χ2n) is 2.51. The molecule has 0 aromatic rings. The van der Waals surface area contributed by atoms with Crippen molar-refractivity contribution in [2.24, 2.45) is 5.73 Å². The Balaban J connectivity index is 0. The Morgan fingerprint density at radius 2 is 1.92 bits per heavy atom. The van der Waals surface area contributed by atoms with Crippen molar-refractivity contribution in [3.8, 4) is 0 Å². The third-order valence-corrected chi connectivity index (χ3v) is 2.89. The van der Waals surface area contributed by atoms with Crippen molar-refractivity contribution in [2.75, 3.05) is 6.26 Å². The van der Waals surface area contributed by atoms with Crippen LogP contribution in [-0.4, -0.2) is 25.8 Å². The van der Waals surface area contributed by atoms with Crippen molar-refractivity contribution in [3.05, 3.63) is 0 Å². The van der Waals surface area contributed by atoms with Crippen molar-refractivity contribution in [1.29, 1.82) is 0 Å². The minimum atomic E-state index is -3.30. The van der Waals surface area contributed by atoms with Gasteiger partial charge in [0.05, 0.1) is 0 Å². The lowest BCUT2D eigenvalue weighted by Gasteiger charge is -2.08. The topological polar surface area (TPSA) is 77.2 Å². The van der Waals surface area contributed by atoms with Crippen LogP contribution in [0.2, 0.25) is 0 Å². The monoisotopic (exact) mass is 215 g/mol. The summed E-state index contributed by atoms with van der Waals surface area (Å²) in [6.07, 6.45) is 1.98. The fourth-order valence-electron chi connectivity index (χ4n) is 0.830. The van der Waals surface area contributed by atoms with Crippen LogP contribution in [0.25, 0.3) is 0 Å². The molecular weight excluding hydrogens is 202 g/mol. The molecule has 0 aromatic carbocycles. The van der Waals surface area contributed by atoms with E-state index in [1.165, 1.54) is 0 Å². The molecule has 0 saturated carbocycles. The fraction of sp³-hybridized carbons (Fsp3) is 0.833. The summed E-state index contributed by atoms with van der Waals surface area (Å²) < 4.78 is 21.7. The lowest BCUT2D eigenvalue weighted by molar-refractivity contribution is -0.117. The molecule has 0 aromatic heterocycles. The van der Waals surface area contributed by atoms with E-state index in [4.69, 9.17) is 5.73 Å². The van der Waals surface area contributed by atoms with Gasteiger partial charge in [0, 0.05) is 6.26 Å². The highest BCUT2D eigenvalue weighted by Gasteiger charge is 2.24. The zero-order chi connectivity index (χ0) is 9.07. The smallest absolute Gasteiger partial charge is 0.235 e. The Morgan fingerprint density at radius 3 is 2.00 bits per heavy atom. The predicted molar refractivity (Wildman–Crippen MR) is 50.0 cm³/mol. The third-order valence-electron chi connectivity index (χ3n) is 1.39. The number of carbonyl (C=O) groups is 1. The number of primary amides is 1. The molecule has 0 radical (unpaired) electrons. The van der Waals surface area contributed by atoms with E-state index < -0.39 is 21.0 Å². The highest BCUT2D eigenvalue weighted by Crippen LogP contribution is 2.05. The van der Waals surface area contributed by atoms with Crippen LogP contribution in [0.4, 0.5) is 0 Å². The summed E-state index contributed by atoms with van der Waals surface area (Å²) in [5.41, 5.74) is 4.89. The van der Waals surface area contributed by atoms with Gasteiger partial charge in [-0.25, -0.2) is 8.42 Å². The second kappa shape index (κ2) is 5.37. The van der Waals surface area contributed by atoms with Crippen LogP contribution in [-0.2, 0) is 14.6 Å². The van der Waals surface area contributed by atoms with E-state index in [1.807, 2.05) is 0 Å². The van der Waals surface area contributed by atoms with Gasteiger partial charge >= 0.3 is 0 Å². The second-order valence-corrected chi connectivity index (χ2v) is 4.74. The normalized spacial score (nSPS) is 13.2. The van der Waals surface area contributed by atoms with Crippen molar-refractivity contribution in [1.82, 2.24) is 0 Å². The summed E-state index contributed by atoms with van der Waals surface area (Å²) in [5, 5.41) is -1.01. The molecule has 0 aliphatic carbocycles. The average molecular weight is 216 g/mol. The molecule has 12 heavy (non-hydrogen) atoms. The highest BCUT2D eigenvalue weighted by molar-refractivity contribution is 7.92. The van der Waals surface area contributed by atoms with Crippen molar-refractivity contribution >= 4 is 28.2 Å². The zero-order valence-electron chi connectivity index (χ0n) is 7.11. The zero-order valence-corrected chi connectivity index (χ0v) is 8.74. The van der Waals surface area contributed by atoms with Crippen LogP contribution in [0, 0.1) is 0 Å². The van der Waals surface area contributed by atoms with Crippen molar-refractivity contribution in [2.45, 2.75) is 25.0 Å². The Kier molecular flexibility index (Phi) is 6.38. The Bertz CT molecular complexity index is 237. The predicted octanol–water partition coefficient (Wildman–Crippen LogP) is 0.107. The molecule has 1 amide bonds. The Labute approximate surface area is 78.8 Å². The van der Waals surface area contributed by atoms with E-state index in [0.29, 0.717) is 12.8 Å². The average Bonchev–Trinajstić information content (AvgIpc) is 1.79. The maximum absolute atomic E-state index is 10.9. The molecule has 6 heteroatoms.